The Kier molecular flexibility index (Phi) is 5.08. The van der Waals surface area contributed by atoms with Crippen molar-refractivity contribution in [2.24, 2.45) is 5.73 Å². The summed E-state index contributed by atoms with van der Waals surface area (Å²) < 4.78 is 6.15. The number of hydrogen-bond acceptors (Lipinski definition) is 3. The molecule has 0 amide bonds. The lowest BCUT2D eigenvalue weighted by Crippen LogP contribution is -2.43. The van der Waals surface area contributed by atoms with Crippen LogP contribution in [0.2, 0.25) is 0 Å². The van der Waals surface area contributed by atoms with Crippen LogP contribution in [0.15, 0.2) is 24.3 Å². The number of piperidine rings is 1. The van der Waals surface area contributed by atoms with Gasteiger partial charge in [0.2, 0.25) is 0 Å². The Bertz CT molecular complexity index is 390. The molecule has 1 aliphatic heterocycles. The summed E-state index contributed by atoms with van der Waals surface area (Å²) in [5.74, 6) is 1.00. The molecule has 1 heterocycles. The predicted molar refractivity (Wildman–Crippen MR) is 80.9 cm³/mol. The van der Waals surface area contributed by atoms with E-state index in [0.717, 1.165) is 38.1 Å². The van der Waals surface area contributed by atoms with E-state index < -0.39 is 0 Å². The first kappa shape index (κ1) is 14.2. The molecule has 0 aromatic heterocycles. The van der Waals surface area contributed by atoms with Crippen LogP contribution in [0.5, 0.6) is 5.75 Å². The number of para-hydroxylation sites is 2. The number of anilines is 1. The Hall–Kier alpha value is -1.22. The summed E-state index contributed by atoms with van der Waals surface area (Å²) in [5.41, 5.74) is 7.28. The normalized spacial score (nSPS) is 19.8. The molecule has 0 bridgehead atoms. The van der Waals surface area contributed by atoms with Gasteiger partial charge in [0.15, 0.2) is 0 Å². The van der Waals surface area contributed by atoms with E-state index in [4.69, 9.17) is 10.5 Å². The summed E-state index contributed by atoms with van der Waals surface area (Å²) >= 11 is 0. The molecule has 1 saturated heterocycles. The maximum Gasteiger partial charge on any atom is 0.143 e. The number of nitrogens with zero attached hydrogens (tertiary/aromatic N) is 1. The Labute approximate surface area is 116 Å². The maximum atomic E-state index is 6.15. The lowest BCUT2D eigenvalue weighted by atomic mass is 10.1. The Balaban J connectivity index is 2.15. The number of hydrogen-bond donors (Lipinski definition) is 1. The molecule has 0 radical (unpaired) electrons. The average Bonchev–Trinajstić information content (AvgIpc) is 2.45. The lowest BCUT2D eigenvalue weighted by Gasteiger charge is -2.34. The lowest BCUT2D eigenvalue weighted by molar-refractivity contribution is 0.193. The van der Waals surface area contributed by atoms with Crippen LogP contribution in [0.4, 0.5) is 5.69 Å². The second-order valence-electron chi connectivity index (χ2n) is 5.37. The monoisotopic (exact) mass is 262 g/mol. The molecule has 2 rings (SSSR count). The number of rotatable bonds is 5. The first-order valence-corrected chi connectivity index (χ1v) is 7.50. The van der Waals surface area contributed by atoms with Crippen molar-refractivity contribution in [2.45, 2.75) is 51.7 Å². The van der Waals surface area contributed by atoms with Gasteiger partial charge in [0, 0.05) is 19.1 Å². The van der Waals surface area contributed by atoms with Crippen molar-refractivity contribution < 1.29 is 4.74 Å². The van der Waals surface area contributed by atoms with Gasteiger partial charge in [-0.25, -0.2) is 0 Å². The van der Waals surface area contributed by atoms with E-state index in [1.807, 2.05) is 6.07 Å². The summed E-state index contributed by atoms with van der Waals surface area (Å²) in [4.78, 5) is 2.37. The molecule has 1 fully saturated rings. The maximum absolute atomic E-state index is 6.15. The van der Waals surface area contributed by atoms with Crippen LogP contribution in [0.1, 0.15) is 39.5 Å². The summed E-state index contributed by atoms with van der Waals surface area (Å²) in [6, 6.07) is 8.64. The standard InChI is InChI=1S/C16H26N2O/c1-3-14(4-2)19-16-10-6-5-9-15(16)18-11-7-8-13(17)12-18/h5-6,9-10,13-14H,3-4,7-8,11-12,17H2,1-2H3. The smallest absolute Gasteiger partial charge is 0.143 e. The molecule has 19 heavy (non-hydrogen) atoms. The van der Waals surface area contributed by atoms with Crippen molar-refractivity contribution in [3.8, 4) is 5.75 Å². The molecule has 106 valence electrons. The van der Waals surface area contributed by atoms with Crippen molar-refractivity contribution in [1.82, 2.24) is 0 Å². The highest BCUT2D eigenvalue weighted by Gasteiger charge is 2.20. The van der Waals surface area contributed by atoms with E-state index in [9.17, 15) is 0 Å². The highest BCUT2D eigenvalue weighted by molar-refractivity contribution is 5.58. The molecule has 3 heteroatoms. The predicted octanol–water partition coefficient (Wildman–Crippen LogP) is 3.18. The van der Waals surface area contributed by atoms with Crippen molar-refractivity contribution in [3.63, 3.8) is 0 Å². The first-order chi connectivity index (χ1) is 9.24. The average molecular weight is 262 g/mol. The van der Waals surface area contributed by atoms with Gasteiger partial charge in [0.25, 0.3) is 0 Å². The zero-order chi connectivity index (χ0) is 13.7. The molecule has 3 nitrogen and oxygen atoms in total. The van der Waals surface area contributed by atoms with Gasteiger partial charge in [-0.05, 0) is 37.8 Å². The zero-order valence-electron chi connectivity index (χ0n) is 12.1. The van der Waals surface area contributed by atoms with Gasteiger partial charge in [-0.3, -0.25) is 0 Å². The quantitative estimate of drug-likeness (QED) is 0.885. The second kappa shape index (κ2) is 6.80. The molecular formula is C16H26N2O. The Morgan fingerprint density at radius 2 is 2.05 bits per heavy atom. The second-order valence-corrected chi connectivity index (χ2v) is 5.37. The fraction of sp³-hybridized carbons (Fsp3) is 0.625. The molecule has 1 aromatic carbocycles. The van der Waals surface area contributed by atoms with Gasteiger partial charge in [-0.2, -0.15) is 0 Å². The molecule has 1 aromatic rings. The van der Waals surface area contributed by atoms with E-state index in [-0.39, 0.29) is 6.04 Å². The molecule has 1 unspecified atom stereocenters. The number of ether oxygens (including phenoxy) is 1. The van der Waals surface area contributed by atoms with E-state index in [1.54, 1.807) is 0 Å². The van der Waals surface area contributed by atoms with Gasteiger partial charge in [0.1, 0.15) is 5.75 Å². The van der Waals surface area contributed by atoms with E-state index >= 15 is 0 Å². The SMILES string of the molecule is CCC(CC)Oc1ccccc1N1CCCC(N)C1. The summed E-state index contributed by atoms with van der Waals surface area (Å²) in [6.45, 7) is 6.36. The summed E-state index contributed by atoms with van der Waals surface area (Å²) in [6.07, 6.45) is 4.70. The number of benzene rings is 1. The third kappa shape index (κ3) is 3.63. The third-order valence-electron chi connectivity index (χ3n) is 3.87. The largest absolute Gasteiger partial charge is 0.488 e. The molecule has 1 atom stereocenters. The Morgan fingerprint density at radius 1 is 1.32 bits per heavy atom. The van der Waals surface area contributed by atoms with Gasteiger partial charge in [0.05, 0.1) is 11.8 Å². The van der Waals surface area contributed by atoms with E-state index in [2.05, 4.69) is 36.9 Å². The van der Waals surface area contributed by atoms with Crippen LogP contribution in [0.25, 0.3) is 0 Å². The summed E-state index contributed by atoms with van der Waals surface area (Å²) in [5, 5.41) is 0. The zero-order valence-corrected chi connectivity index (χ0v) is 12.1. The summed E-state index contributed by atoms with van der Waals surface area (Å²) in [7, 11) is 0. The van der Waals surface area contributed by atoms with Crippen LogP contribution < -0.4 is 15.4 Å². The Morgan fingerprint density at radius 3 is 2.74 bits per heavy atom. The fourth-order valence-corrected chi connectivity index (χ4v) is 2.68. The van der Waals surface area contributed by atoms with Gasteiger partial charge < -0.3 is 15.4 Å². The van der Waals surface area contributed by atoms with Crippen molar-refractivity contribution >= 4 is 5.69 Å². The van der Waals surface area contributed by atoms with Crippen LogP contribution in [0, 0.1) is 0 Å². The molecule has 2 N–H and O–H groups in total. The van der Waals surface area contributed by atoms with Gasteiger partial charge >= 0.3 is 0 Å². The van der Waals surface area contributed by atoms with E-state index in [1.165, 1.54) is 12.1 Å². The minimum absolute atomic E-state index is 0.287. The van der Waals surface area contributed by atoms with Crippen LogP contribution >= 0.6 is 0 Å². The van der Waals surface area contributed by atoms with Crippen molar-refractivity contribution in [3.05, 3.63) is 24.3 Å². The molecule has 0 aliphatic carbocycles. The highest BCUT2D eigenvalue weighted by Crippen LogP contribution is 2.31. The molecular weight excluding hydrogens is 236 g/mol. The topological polar surface area (TPSA) is 38.5 Å². The third-order valence-corrected chi connectivity index (χ3v) is 3.87. The highest BCUT2D eigenvalue weighted by atomic mass is 16.5. The minimum Gasteiger partial charge on any atom is -0.488 e. The van der Waals surface area contributed by atoms with Crippen LogP contribution in [-0.4, -0.2) is 25.2 Å². The number of nitrogens with two attached hydrogens (primary N) is 1. The first-order valence-electron chi connectivity index (χ1n) is 7.50. The molecule has 1 aliphatic rings. The molecule has 0 saturated carbocycles. The van der Waals surface area contributed by atoms with Gasteiger partial charge in [-0.1, -0.05) is 26.0 Å². The van der Waals surface area contributed by atoms with Crippen LogP contribution in [0.3, 0.4) is 0 Å². The molecule has 0 spiro atoms. The van der Waals surface area contributed by atoms with Crippen molar-refractivity contribution in [1.29, 1.82) is 0 Å². The van der Waals surface area contributed by atoms with Crippen LogP contribution in [-0.2, 0) is 0 Å². The van der Waals surface area contributed by atoms with Crippen molar-refractivity contribution in [2.75, 3.05) is 18.0 Å². The minimum atomic E-state index is 0.287. The fourth-order valence-electron chi connectivity index (χ4n) is 2.68. The van der Waals surface area contributed by atoms with E-state index in [0.29, 0.717) is 6.10 Å². The van der Waals surface area contributed by atoms with Gasteiger partial charge in [-0.15, -0.1) is 0 Å².